The van der Waals surface area contributed by atoms with E-state index in [-0.39, 0.29) is 11.7 Å². The van der Waals surface area contributed by atoms with Gasteiger partial charge in [-0.05, 0) is 36.4 Å². The molecule has 0 fully saturated rings. The Hall–Kier alpha value is -2.56. The number of amides is 1. The number of benzene rings is 1. The third kappa shape index (κ3) is 2.42. The molecule has 0 aliphatic rings. The number of carbonyl (C=O) groups is 1. The molecule has 0 atom stereocenters. The van der Waals surface area contributed by atoms with Crippen molar-refractivity contribution >= 4 is 16.8 Å². The number of rotatable bonds is 3. The van der Waals surface area contributed by atoms with E-state index >= 15 is 0 Å². The van der Waals surface area contributed by atoms with E-state index in [0.29, 0.717) is 17.8 Å². The summed E-state index contributed by atoms with van der Waals surface area (Å²) < 4.78 is 20.3. The first-order chi connectivity index (χ1) is 10.1. The zero-order valence-corrected chi connectivity index (χ0v) is 11.8. The first-order valence-electron chi connectivity index (χ1n) is 6.59. The van der Waals surface area contributed by atoms with Gasteiger partial charge in [0.25, 0.3) is 5.91 Å². The molecule has 1 amide bonds. The molecule has 0 bridgehead atoms. The lowest BCUT2D eigenvalue weighted by atomic mass is 10.2. The first kappa shape index (κ1) is 13.4. The molecule has 2 aromatic heterocycles. The molecule has 4 nitrogen and oxygen atoms in total. The molecule has 21 heavy (non-hydrogen) atoms. The Balaban J connectivity index is 1.92. The number of furan rings is 1. The molecule has 0 saturated heterocycles. The molecule has 0 N–H and O–H groups in total. The van der Waals surface area contributed by atoms with Crippen molar-refractivity contribution in [3.63, 3.8) is 0 Å². The molecule has 0 aliphatic heterocycles. The number of aryl methyl sites for hydroxylation is 1. The topological polar surface area (TPSA) is 38.4 Å². The fourth-order valence-electron chi connectivity index (χ4n) is 2.41. The van der Waals surface area contributed by atoms with Gasteiger partial charge in [-0.2, -0.15) is 0 Å². The third-order valence-corrected chi connectivity index (χ3v) is 3.55. The highest BCUT2D eigenvalue weighted by Gasteiger charge is 2.18. The first-order valence-corrected chi connectivity index (χ1v) is 6.59. The molecule has 0 spiro atoms. The Morgan fingerprint density at radius 1 is 1.33 bits per heavy atom. The predicted molar refractivity (Wildman–Crippen MR) is 77.4 cm³/mol. The molecule has 0 saturated carbocycles. The molecular weight excluding hydrogens is 271 g/mol. The van der Waals surface area contributed by atoms with Gasteiger partial charge in [-0.25, -0.2) is 4.39 Å². The quantitative estimate of drug-likeness (QED) is 0.741. The molecular formula is C16H15FN2O2. The second-order valence-corrected chi connectivity index (χ2v) is 5.03. The minimum Gasteiger partial charge on any atom is -0.467 e. The Morgan fingerprint density at radius 3 is 2.86 bits per heavy atom. The van der Waals surface area contributed by atoms with Crippen molar-refractivity contribution in [2.75, 3.05) is 7.05 Å². The van der Waals surface area contributed by atoms with Crippen molar-refractivity contribution < 1.29 is 13.6 Å². The van der Waals surface area contributed by atoms with E-state index in [1.807, 2.05) is 6.07 Å². The lowest BCUT2D eigenvalue weighted by Gasteiger charge is -2.16. The maximum absolute atomic E-state index is 13.3. The van der Waals surface area contributed by atoms with Gasteiger partial charge < -0.3 is 13.9 Å². The van der Waals surface area contributed by atoms with Gasteiger partial charge in [0, 0.05) is 19.5 Å². The van der Waals surface area contributed by atoms with Crippen LogP contribution in [0.4, 0.5) is 4.39 Å². The van der Waals surface area contributed by atoms with Crippen molar-refractivity contribution in [3.8, 4) is 0 Å². The maximum atomic E-state index is 13.3. The summed E-state index contributed by atoms with van der Waals surface area (Å²) in [6, 6.07) is 9.87. The molecule has 2 heterocycles. The van der Waals surface area contributed by atoms with E-state index in [2.05, 4.69) is 0 Å². The largest absolute Gasteiger partial charge is 0.467 e. The lowest BCUT2D eigenvalue weighted by Crippen LogP contribution is -2.27. The summed E-state index contributed by atoms with van der Waals surface area (Å²) in [5, 5.41) is 0.841. The van der Waals surface area contributed by atoms with Gasteiger partial charge in [-0.15, -0.1) is 0 Å². The lowest BCUT2D eigenvalue weighted by molar-refractivity contribution is 0.0766. The van der Waals surface area contributed by atoms with Gasteiger partial charge in [0.15, 0.2) is 0 Å². The van der Waals surface area contributed by atoms with Crippen molar-refractivity contribution in [3.05, 3.63) is 59.9 Å². The summed E-state index contributed by atoms with van der Waals surface area (Å²) >= 11 is 0. The van der Waals surface area contributed by atoms with E-state index < -0.39 is 0 Å². The van der Waals surface area contributed by atoms with Gasteiger partial charge in [0.2, 0.25) is 0 Å². The monoisotopic (exact) mass is 286 g/mol. The van der Waals surface area contributed by atoms with Crippen LogP contribution in [0.3, 0.4) is 0 Å². The van der Waals surface area contributed by atoms with Crippen molar-refractivity contribution in [2.24, 2.45) is 7.05 Å². The average Bonchev–Trinajstić information content (AvgIpc) is 3.07. The Bertz CT molecular complexity index is 790. The molecule has 108 valence electrons. The fraction of sp³-hybridized carbons (Fsp3) is 0.188. The molecule has 3 rings (SSSR count). The number of halogens is 1. The molecule has 3 aromatic rings. The van der Waals surface area contributed by atoms with E-state index in [0.717, 1.165) is 11.1 Å². The van der Waals surface area contributed by atoms with Crippen LogP contribution in [0, 0.1) is 5.82 Å². The van der Waals surface area contributed by atoms with Crippen LogP contribution in [0.15, 0.2) is 47.1 Å². The van der Waals surface area contributed by atoms with Crippen LogP contribution in [0.2, 0.25) is 0 Å². The molecule has 0 aliphatic carbocycles. The van der Waals surface area contributed by atoms with E-state index in [1.54, 1.807) is 48.0 Å². The van der Waals surface area contributed by atoms with Crippen LogP contribution in [0.5, 0.6) is 0 Å². The molecule has 5 heteroatoms. The smallest absolute Gasteiger partial charge is 0.270 e. The summed E-state index contributed by atoms with van der Waals surface area (Å²) in [4.78, 5) is 14.1. The van der Waals surface area contributed by atoms with Crippen LogP contribution >= 0.6 is 0 Å². The van der Waals surface area contributed by atoms with Gasteiger partial charge in [0.05, 0.1) is 18.3 Å². The van der Waals surface area contributed by atoms with Crippen LogP contribution in [-0.2, 0) is 13.6 Å². The van der Waals surface area contributed by atoms with Crippen molar-refractivity contribution in [1.82, 2.24) is 9.47 Å². The van der Waals surface area contributed by atoms with Crippen molar-refractivity contribution in [1.29, 1.82) is 0 Å². The summed E-state index contributed by atoms with van der Waals surface area (Å²) in [6.07, 6.45) is 1.58. The minimum absolute atomic E-state index is 0.134. The number of nitrogens with zero attached hydrogens (tertiary/aromatic N) is 2. The van der Waals surface area contributed by atoms with Gasteiger partial charge in [-0.3, -0.25) is 4.79 Å². The van der Waals surface area contributed by atoms with Crippen LogP contribution < -0.4 is 0 Å². The average molecular weight is 286 g/mol. The zero-order valence-electron chi connectivity index (χ0n) is 11.8. The Labute approximate surface area is 121 Å². The van der Waals surface area contributed by atoms with Gasteiger partial charge >= 0.3 is 0 Å². The highest BCUT2D eigenvalue weighted by Crippen LogP contribution is 2.21. The fourth-order valence-corrected chi connectivity index (χ4v) is 2.41. The summed E-state index contributed by atoms with van der Waals surface area (Å²) in [5.74, 6) is 0.271. The second kappa shape index (κ2) is 5.09. The van der Waals surface area contributed by atoms with Crippen LogP contribution in [0.1, 0.15) is 16.2 Å². The number of carbonyl (C=O) groups excluding carboxylic acids is 1. The van der Waals surface area contributed by atoms with E-state index in [9.17, 15) is 9.18 Å². The van der Waals surface area contributed by atoms with Crippen molar-refractivity contribution in [2.45, 2.75) is 6.54 Å². The third-order valence-electron chi connectivity index (χ3n) is 3.55. The Morgan fingerprint density at radius 2 is 2.14 bits per heavy atom. The van der Waals surface area contributed by atoms with Gasteiger partial charge in [-0.1, -0.05) is 0 Å². The SMILES string of the molecule is CN(Cc1ccco1)C(=O)c1cc2ccc(F)cc2n1C. The normalized spacial score (nSPS) is 11.0. The highest BCUT2D eigenvalue weighted by molar-refractivity contribution is 5.98. The second-order valence-electron chi connectivity index (χ2n) is 5.03. The zero-order chi connectivity index (χ0) is 15.0. The predicted octanol–water partition coefficient (Wildman–Crippen LogP) is 3.18. The highest BCUT2D eigenvalue weighted by atomic mass is 19.1. The Kier molecular flexibility index (Phi) is 3.25. The molecule has 0 radical (unpaired) electrons. The van der Waals surface area contributed by atoms with E-state index in [1.165, 1.54) is 12.1 Å². The molecule has 0 unspecified atom stereocenters. The number of aromatic nitrogens is 1. The summed E-state index contributed by atoms with van der Waals surface area (Å²) in [6.45, 7) is 0.391. The number of hydrogen-bond donors (Lipinski definition) is 0. The molecule has 1 aromatic carbocycles. The van der Waals surface area contributed by atoms with Gasteiger partial charge in [0.1, 0.15) is 17.3 Å². The number of fused-ring (bicyclic) bond motifs is 1. The van der Waals surface area contributed by atoms with Crippen LogP contribution in [-0.4, -0.2) is 22.4 Å². The maximum Gasteiger partial charge on any atom is 0.270 e. The van der Waals surface area contributed by atoms with Crippen LogP contribution in [0.25, 0.3) is 10.9 Å². The standard InChI is InChI=1S/C16H15FN2O2/c1-18(10-13-4-3-7-21-13)16(20)15-8-11-5-6-12(17)9-14(11)19(15)2/h3-9H,10H2,1-2H3. The summed E-state index contributed by atoms with van der Waals surface area (Å²) in [7, 11) is 3.47. The number of hydrogen-bond acceptors (Lipinski definition) is 2. The minimum atomic E-state index is -0.313. The van der Waals surface area contributed by atoms with E-state index in [4.69, 9.17) is 4.42 Å². The summed E-state index contributed by atoms with van der Waals surface area (Å²) in [5.41, 5.74) is 1.22.